The summed E-state index contributed by atoms with van der Waals surface area (Å²) in [6.07, 6.45) is 3.01. The minimum atomic E-state index is -0.952. The summed E-state index contributed by atoms with van der Waals surface area (Å²) in [6, 6.07) is 10.4. The second-order valence-electron chi connectivity index (χ2n) is 5.71. The zero-order chi connectivity index (χ0) is 16.2. The van der Waals surface area contributed by atoms with Gasteiger partial charge in [-0.15, -0.1) is 0 Å². The molecule has 124 valence electrons. The summed E-state index contributed by atoms with van der Waals surface area (Å²) < 4.78 is 0. The van der Waals surface area contributed by atoms with E-state index in [-0.39, 0.29) is 6.04 Å². The number of hydrogen-bond donors (Lipinski definition) is 3. The molecule has 0 aliphatic rings. The van der Waals surface area contributed by atoms with E-state index in [0.717, 1.165) is 51.9 Å². The number of nitrogens with zero attached hydrogens (tertiary/aromatic N) is 1. The first-order valence-corrected chi connectivity index (χ1v) is 8.07. The van der Waals surface area contributed by atoms with Crippen LogP contribution in [0.2, 0.25) is 0 Å². The lowest BCUT2D eigenvalue weighted by molar-refractivity contribution is 0.187. The zero-order valence-electron chi connectivity index (χ0n) is 13.5. The Morgan fingerprint density at radius 3 is 2.59 bits per heavy atom. The fourth-order valence-corrected chi connectivity index (χ4v) is 2.41. The lowest BCUT2D eigenvalue weighted by Gasteiger charge is -2.24. The van der Waals surface area contributed by atoms with Gasteiger partial charge in [-0.05, 0) is 51.3 Å². The molecule has 1 unspecified atom stereocenters. The van der Waals surface area contributed by atoms with E-state index in [1.54, 1.807) is 0 Å². The second kappa shape index (κ2) is 11.0. The fraction of sp³-hybridized carbons (Fsp3) is 0.588. The van der Waals surface area contributed by atoms with Gasteiger partial charge in [-0.2, -0.15) is 0 Å². The number of amides is 1. The molecule has 1 amide bonds. The highest BCUT2D eigenvalue weighted by molar-refractivity contribution is 5.64. The number of nitrogens with one attached hydrogen (secondary N) is 1. The highest BCUT2D eigenvalue weighted by atomic mass is 16.4. The summed E-state index contributed by atoms with van der Waals surface area (Å²) >= 11 is 0. The normalized spacial score (nSPS) is 12.3. The van der Waals surface area contributed by atoms with E-state index >= 15 is 0 Å². The number of unbranched alkanes of at least 4 members (excludes halogenated alkanes) is 1. The third-order valence-electron chi connectivity index (χ3n) is 3.74. The van der Waals surface area contributed by atoms with Crippen LogP contribution in [0, 0.1) is 0 Å². The van der Waals surface area contributed by atoms with E-state index in [1.807, 2.05) is 13.0 Å². The SMILES string of the molecule is CC(CCN(CCCCN)CCc1ccccc1)NC(=O)O. The second-order valence-corrected chi connectivity index (χ2v) is 5.71. The van der Waals surface area contributed by atoms with E-state index < -0.39 is 6.09 Å². The van der Waals surface area contributed by atoms with Crippen molar-refractivity contribution in [3.63, 3.8) is 0 Å². The van der Waals surface area contributed by atoms with Gasteiger partial charge in [0.1, 0.15) is 0 Å². The molecule has 1 aromatic rings. The van der Waals surface area contributed by atoms with Crippen LogP contribution in [-0.4, -0.2) is 48.3 Å². The maximum absolute atomic E-state index is 10.6. The molecule has 0 heterocycles. The summed E-state index contributed by atoms with van der Waals surface area (Å²) in [5, 5.41) is 11.2. The summed E-state index contributed by atoms with van der Waals surface area (Å²) in [4.78, 5) is 13.0. The Bertz CT molecular complexity index is 412. The van der Waals surface area contributed by atoms with Crippen LogP contribution in [0.3, 0.4) is 0 Å². The molecule has 5 nitrogen and oxygen atoms in total. The average molecular weight is 307 g/mol. The molecule has 0 aliphatic carbocycles. The molecule has 1 aromatic carbocycles. The Balaban J connectivity index is 2.39. The molecule has 0 bridgehead atoms. The molecule has 5 heteroatoms. The molecule has 0 saturated carbocycles. The van der Waals surface area contributed by atoms with Crippen LogP contribution in [0.5, 0.6) is 0 Å². The van der Waals surface area contributed by atoms with Gasteiger partial charge >= 0.3 is 6.09 Å². The highest BCUT2D eigenvalue weighted by Crippen LogP contribution is 2.05. The van der Waals surface area contributed by atoms with Gasteiger partial charge in [-0.3, -0.25) is 0 Å². The fourth-order valence-electron chi connectivity index (χ4n) is 2.41. The molecule has 22 heavy (non-hydrogen) atoms. The molecule has 0 aliphatic heterocycles. The van der Waals surface area contributed by atoms with Gasteiger partial charge in [0.05, 0.1) is 0 Å². The van der Waals surface area contributed by atoms with Crippen molar-refractivity contribution in [3.05, 3.63) is 35.9 Å². The Morgan fingerprint density at radius 2 is 1.95 bits per heavy atom. The molecule has 4 N–H and O–H groups in total. The van der Waals surface area contributed by atoms with Gasteiger partial charge in [-0.1, -0.05) is 30.3 Å². The Labute approximate surface area is 133 Å². The summed E-state index contributed by atoms with van der Waals surface area (Å²) in [5.74, 6) is 0. The van der Waals surface area contributed by atoms with Crippen molar-refractivity contribution < 1.29 is 9.90 Å². The van der Waals surface area contributed by atoms with Gasteiger partial charge < -0.3 is 21.1 Å². The maximum Gasteiger partial charge on any atom is 0.404 e. The molecule has 1 atom stereocenters. The number of nitrogens with two attached hydrogens (primary N) is 1. The zero-order valence-corrected chi connectivity index (χ0v) is 13.5. The lowest BCUT2D eigenvalue weighted by atomic mass is 10.1. The van der Waals surface area contributed by atoms with Crippen LogP contribution in [0.4, 0.5) is 4.79 Å². The number of benzene rings is 1. The molecule has 0 fully saturated rings. The minimum Gasteiger partial charge on any atom is -0.465 e. The van der Waals surface area contributed by atoms with Crippen LogP contribution in [-0.2, 0) is 6.42 Å². The number of rotatable bonds is 11. The first kappa shape index (κ1) is 18.5. The number of hydrogen-bond acceptors (Lipinski definition) is 3. The topological polar surface area (TPSA) is 78.6 Å². The summed E-state index contributed by atoms with van der Waals surface area (Å²) in [7, 11) is 0. The van der Waals surface area contributed by atoms with Crippen molar-refractivity contribution in [2.24, 2.45) is 5.73 Å². The van der Waals surface area contributed by atoms with Crippen LogP contribution in [0.1, 0.15) is 31.7 Å². The van der Waals surface area contributed by atoms with E-state index in [2.05, 4.69) is 34.5 Å². The Kier molecular flexibility index (Phi) is 9.26. The van der Waals surface area contributed by atoms with Crippen LogP contribution < -0.4 is 11.1 Å². The molecular weight excluding hydrogens is 278 g/mol. The third-order valence-corrected chi connectivity index (χ3v) is 3.74. The predicted molar refractivity (Wildman–Crippen MR) is 90.1 cm³/mol. The van der Waals surface area contributed by atoms with Crippen LogP contribution in [0.25, 0.3) is 0 Å². The quantitative estimate of drug-likeness (QED) is 0.548. The minimum absolute atomic E-state index is 0.0220. The smallest absolute Gasteiger partial charge is 0.404 e. The molecule has 1 rings (SSSR count). The third kappa shape index (κ3) is 8.64. The van der Waals surface area contributed by atoms with Gasteiger partial charge in [-0.25, -0.2) is 4.79 Å². The van der Waals surface area contributed by atoms with Gasteiger partial charge in [0.15, 0.2) is 0 Å². The molecule has 0 spiro atoms. The standard InChI is InChI=1S/C17H29N3O2/c1-15(19-17(21)22)9-13-20(12-6-5-11-18)14-10-16-7-3-2-4-8-16/h2-4,7-8,15,19H,5-6,9-14,18H2,1H3,(H,21,22). The van der Waals surface area contributed by atoms with Gasteiger partial charge in [0, 0.05) is 19.1 Å². The molecule has 0 saturated heterocycles. The van der Waals surface area contributed by atoms with Crippen LogP contribution in [0.15, 0.2) is 30.3 Å². The van der Waals surface area contributed by atoms with Crippen molar-refractivity contribution in [1.29, 1.82) is 0 Å². The van der Waals surface area contributed by atoms with Crippen molar-refractivity contribution in [1.82, 2.24) is 10.2 Å². The summed E-state index contributed by atoms with van der Waals surface area (Å²) in [6.45, 7) is 5.55. The average Bonchev–Trinajstić information content (AvgIpc) is 2.50. The van der Waals surface area contributed by atoms with Gasteiger partial charge in [0.25, 0.3) is 0 Å². The Morgan fingerprint density at radius 1 is 1.23 bits per heavy atom. The van der Waals surface area contributed by atoms with Crippen molar-refractivity contribution in [3.8, 4) is 0 Å². The molecule has 0 aromatic heterocycles. The van der Waals surface area contributed by atoms with Crippen LogP contribution >= 0.6 is 0 Å². The van der Waals surface area contributed by atoms with Crippen molar-refractivity contribution in [2.75, 3.05) is 26.2 Å². The molecular formula is C17H29N3O2. The highest BCUT2D eigenvalue weighted by Gasteiger charge is 2.10. The first-order valence-electron chi connectivity index (χ1n) is 8.07. The van der Waals surface area contributed by atoms with Crippen molar-refractivity contribution >= 4 is 6.09 Å². The van der Waals surface area contributed by atoms with E-state index in [9.17, 15) is 4.79 Å². The van der Waals surface area contributed by atoms with Crippen molar-refractivity contribution in [2.45, 2.75) is 38.6 Å². The monoisotopic (exact) mass is 307 g/mol. The first-order chi connectivity index (χ1) is 10.6. The number of carbonyl (C=O) groups is 1. The van der Waals surface area contributed by atoms with Gasteiger partial charge in [0.2, 0.25) is 0 Å². The lowest BCUT2D eigenvalue weighted by Crippen LogP contribution is -2.36. The summed E-state index contributed by atoms with van der Waals surface area (Å²) in [5.41, 5.74) is 6.90. The van der Waals surface area contributed by atoms with E-state index in [4.69, 9.17) is 10.8 Å². The maximum atomic E-state index is 10.6. The van der Waals surface area contributed by atoms with E-state index in [1.165, 1.54) is 5.56 Å². The van der Waals surface area contributed by atoms with E-state index in [0.29, 0.717) is 0 Å². The largest absolute Gasteiger partial charge is 0.465 e. The predicted octanol–water partition coefficient (Wildman–Crippen LogP) is 2.32. The molecule has 0 radical (unpaired) electrons. The Hall–Kier alpha value is -1.59. The number of carboxylic acid groups (broad SMARTS) is 1.